The summed E-state index contributed by atoms with van der Waals surface area (Å²) in [6, 6.07) is 5.47. The molecule has 5 nitrogen and oxygen atoms in total. The fourth-order valence-corrected chi connectivity index (χ4v) is 3.59. The molecule has 0 bridgehead atoms. The number of aromatic nitrogens is 2. The molecule has 2 aromatic rings. The molecule has 1 aliphatic carbocycles. The first-order valence-electron chi connectivity index (χ1n) is 7.33. The zero-order valence-corrected chi connectivity index (χ0v) is 13.0. The van der Waals surface area contributed by atoms with Crippen molar-refractivity contribution in [3.63, 3.8) is 0 Å². The third-order valence-electron chi connectivity index (χ3n) is 4.29. The van der Waals surface area contributed by atoms with Crippen molar-refractivity contribution in [1.29, 1.82) is 0 Å². The lowest BCUT2D eigenvalue weighted by molar-refractivity contribution is -0.120. The van der Waals surface area contributed by atoms with Crippen LogP contribution in [0, 0.1) is 0 Å². The number of aromatic amines is 1. The van der Waals surface area contributed by atoms with E-state index in [4.69, 9.17) is 0 Å². The fourth-order valence-electron chi connectivity index (χ4n) is 3.18. The van der Waals surface area contributed by atoms with E-state index in [1.54, 1.807) is 6.07 Å². The number of fused-ring (bicyclic) bond motifs is 1. The van der Waals surface area contributed by atoms with E-state index in [1.165, 1.54) is 16.7 Å². The number of nitrogens with one attached hydrogen (secondary N) is 1. The van der Waals surface area contributed by atoms with E-state index >= 15 is 0 Å². The van der Waals surface area contributed by atoms with Crippen LogP contribution in [-0.2, 0) is 9.59 Å². The van der Waals surface area contributed by atoms with Gasteiger partial charge in [-0.25, -0.2) is 9.88 Å². The van der Waals surface area contributed by atoms with Gasteiger partial charge in [0.15, 0.2) is 5.16 Å². The number of anilines is 1. The molecule has 0 radical (unpaired) electrons. The maximum Gasteiger partial charge on any atom is 0.261 e. The van der Waals surface area contributed by atoms with Crippen molar-refractivity contribution >= 4 is 40.3 Å². The van der Waals surface area contributed by atoms with Crippen LogP contribution >= 0.6 is 11.8 Å². The summed E-state index contributed by atoms with van der Waals surface area (Å²) in [7, 11) is 0. The summed E-state index contributed by atoms with van der Waals surface area (Å²) in [6.07, 6.45) is 5.37. The Morgan fingerprint density at radius 1 is 1.14 bits per heavy atom. The lowest BCUT2D eigenvalue weighted by atomic mass is 9.93. The van der Waals surface area contributed by atoms with E-state index in [1.807, 2.05) is 18.4 Å². The molecule has 0 fully saturated rings. The van der Waals surface area contributed by atoms with Crippen molar-refractivity contribution in [1.82, 2.24) is 9.97 Å². The molecule has 1 aliphatic heterocycles. The van der Waals surface area contributed by atoms with Crippen LogP contribution in [0.4, 0.5) is 5.69 Å². The van der Waals surface area contributed by atoms with Gasteiger partial charge in [-0.15, -0.1) is 0 Å². The van der Waals surface area contributed by atoms with Crippen LogP contribution in [0.25, 0.3) is 11.0 Å². The standard InChI is InChI=1S/C16H15N3O2S/c1-22-16-17-12-7-6-9(8-13(12)18-16)19-14(20)10-4-2-3-5-11(10)15(19)21/h6-8H,2-5H2,1H3,(H,17,18). The molecule has 0 spiro atoms. The number of carbonyl (C=O) groups excluding carboxylic acids is 2. The zero-order chi connectivity index (χ0) is 15.3. The Morgan fingerprint density at radius 3 is 2.45 bits per heavy atom. The predicted molar refractivity (Wildman–Crippen MR) is 85.9 cm³/mol. The van der Waals surface area contributed by atoms with Gasteiger partial charge >= 0.3 is 0 Å². The highest BCUT2D eigenvalue weighted by Crippen LogP contribution is 2.36. The van der Waals surface area contributed by atoms with E-state index in [9.17, 15) is 9.59 Å². The molecule has 6 heteroatoms. The maximum atomic E-state index is 12.6. The lowest BCUT2D eigenvalue weighted by Gasteiger charge is -2.14. The number of carbonyl (C=O) groups is 2. The minimum Gasteiger partial charge on any atom is -0.333 e. The van der Waals surface area contributed by atoms with Gasteiger partial charge in [0, 0.05) is 11.1 Å². The molecule has 0 unspecified atom stereocenters. The Hall–Kier alpha value is -2.08. The molecule has 1 aromatic carbocycles. The number of H-pyrrole nitrogens is 1. The first kappa shape index (κ1) is 13.6. The molecule has 112 valence electrons. The Bertz CT molecular complexity index is 809. The number of hydrogen-bond acceptors (Lipinski definition) is 4. The molecule has 4 rings (SSSR count). The quantitative estimate of drug-likeness (QED) is 0.683. The Balaban J connectivity index is 1.76. The normalized spacial score (nSPS) is 18.5. The summed E-state index contributed by atoms with van der Waals surface area (Å²) in [6.45, 7) is 0. The summed E-state index contributed by atoms with van der Waals surface area (Å²) in [5, 5.41) is 0.823. The van der Waals surface area contributed by atoms with Gasteiger partial charge in [-0.2, -0.15) is 0 Å². The molecule has 0 atom stereocenters. The number of rotatable bonds is 2. The molecule has 0 saturated carbocycles. The second-order valence-corrected chi connectivity index (χ2v) is 6.35. The van der Waals surface area contributed by atoms with Gasteiger partial charge in [0.2, 0.25) is 0 Å². The number of thioether (sulfide) groups is 1. The predicted octanol–water partition coefficient (Wildman–Crippen LogP) is 3.03. The topological polar surface area (TPSA) is 66.1 Å². The Labute approximate surface area is 131 Å². The highest BCUT2D eigenvalue weighted by molar-refractivity contribution is 7.98. The second-order valence-electron chi connectivity index (χ2n) is 5.56. The maximum absolute atomic E-state index is 12.6. The van der Waals surface area contributed by atoms with Crippen LogP contribution in [0.3, 0.4) is 0 Å². The largest absolute Gasteiger partial charge is 0.333 e. The number of benzene rings is 1. The van der Waals surface area contributed by atoms with Gasteiger partial charge < -0.3 is 4.98 Å². The molecule has 1 N–H and O–H groups in total. The van der Waals surface area contributed by atoms with Crippen molar-refractivity contribution in [3.05, 3.63) is 29.3 Å². The number of imide groups is 1. The average molecular weight is 313 g/mol. The highest BCUT2D eigenvalue weighted by Gasteiger charge is 2.39. The molecular weight excluding hydrogens is 298 g/mol. The van der Waals surface area contributed by atoms with E-state index in [0.717, 1.165) is 41.9 Å². The third kappa shape index (κ3) is 1.90. The summed E-state index contributed by atoms with van der Waals surface area (Å²) in [4.78, 5) is 34.1. The number of amides is 2. The van der Waals surface area contributed by atoms with Crippen molar-refractivity contribution in [2.45, 2.75) is 30.8 Å². The van der Waals surface area contributed by atoms with Gasteiger partial charge in [-0.3, -0.25) is 9.59 Å². The van der Waals surface area contributed by atoms with Gasteiger partial charge in [-0.1, -0.05) is 11.8 Å². The van der Waals surface area contributed by atoms with Gasteiger partial charge in [0.05, 0.1) is 16.7 Å². The lowest BCUT2D eigenvalue weighted by Crippen LogP contribution is -2.31. The molecule has 1 aromatic heterocycles. The van der Waals surface area contributed by atoms with Gasteiger partial charge in [0.1, 0.15) is 0 Å². The SMILES string of the molecule is CSc1nc2ccc(N3C(=O)C4=C(CCCC4)C3=O)cc2[nH]1. The van der Waals surface area contributed by atoms with Crippen molar-refractivity contribution in [2.75, 3.05) is 11.2 Å². The Morgan fingerprint density at radius 2 is 1.82 bits per heavy atom. The monoisotopic (exact) mass is 313 g/mol. The Kier molecular flexibility index (Phi) is 3.07. The molecular formula is C16H15N3O2S. The number of nitrogens with zero attached hydrogens (tertiary/aromatic N) is 2. The smallest absolute Gasteiger partial charge is 0.261 e. The summed E-state index contributed by atoms with van der Waals surface area (Å²) < 4.78 is 0. The van der Waals surface area contributed by atoms with Crippen LogP contribution in [0.1, 0.15) is 25.7 Å². The first-order valence-corrected chi connectivity index (χ1v) is 8.56. The molecule has 22 heavy (non-hydrogen) atoms. The summed E-state index contributed by atoms with van der Waals surface area (Å²) in [5.74, 6) is -0.299. The van der Waals surface area contributed by atoms with Crippen molar-refractivity contribution in [3.8, 4) is 0 Å². The van der Waals surface area contributed by atoms with Crippen LogP contribution in [-0.4, -0.2) is 28.0 Å². The van der Waals surface area contributed by atoms with E-state index in [0.29, 0.717) is 16.8 Å². The van der Waals surface area contributed by atoms with E-state index in [2.05, 4.69) is 9.97 Å². The van der Waals surface area contributed by atoms with E-state index < -0.39 is 0 Å². The minimum atomic E-state index is -0.149. The third-order valence-corrected chi connectivity index (χ3v) is 4.87. The number of imidazole rings is 1. The summed E-state index contributed by atoms with van der Waals surface area (Å²) in [5.41, 5.74) is 3.72. The van der Waals surface area contributed by atoms with Crippen LogP contribution in [0.5, 0.6) is 0 Å². The second kappa shape index (κ2) is 4.98. The fraction of sp³-hybridized carbons (Fsp3) is 0.312. The molecule has 2 aliphatic rings. The van der Waals surface area contributed by atoms with Crippen LogP contribution < -0.4 is 4.90 Å². The van der Waals surface area contributed by atoms with E-state index in [-0.39, 0.29) is 11.8 Å². The highest BCUT2D eigenvalue weighted by atomic mass is 32.2. The molecule has 2 amide bonds. The number of hydrogen-bond donors (Lipinski definition) is 1. The van der Waals surface area contributed by atoms with Gasteiger partial charge in [-0.05, 0) is 50.1 Å². The first-order chi connectivity index (χ1) is 10.7. The minimum absolute atomic E-state index is 0.149. The van der Waals surface area contributed by atoms with Crippen LogP contribution in [0.2, 0.25) is 0 Å². The summed E-state index contributed by atoms with van der Waals surface area (Å²) >= 11 is 1.53. The van der Waals surface area contributed by atoms with Crippen LogP contribution in [0.15, 0.2) is 34.5 Å². The average Bonchev–Trinajstić information content (AvgIpc) is 3.07. The molecule has 0 saturated heterocycles. The zero-order valence-electron chi connectivity index (χ0n) is 12.2. The van der Waals surface area contributed by atoms with Crippen molar-refractivity contribution < 1.29 is 9.59 Å². The van der Waals surface area contributed by atoms with Crippen molar-refractivity contribution in [2.24, 2.45) is 0 Å². The van der Waals surface area contributed by atoms with Gasteiger partial charge in [0.25, 0.3) is 11.8 Å². The molecule has 2 heterocycles.